The zero-order valence-electron chi connectivity index (χ0n) is 16.6. The smallest absolute Gasteiger partial charge is 0.271 e. The number of aromatic nitrogens is 3. The average Bonchev–Trinajstić information content (AvgIpc) is 2.76. The predicted octanol–water partition coefficient (Wildman–Crippen LogP) is 1.42. The number of pyridine rings is 1. The highest BCUT2D eigenvalue weighted by Crippen LogP contribution is 2.20. The summed E-state index contributed by atoms with van der Waals surface area (Å²) in [6.45, 7) is 3.94. The molecule has 1 fully saturated rings. The van der Waals surface area contributed by atoms with Crippen LogP contribution in [0.25, 0.3) is 11.3 Å². The number of H-pyrrole nitrogens is 1. The maximum atomic E-state index is 12.7. The van der Waals surface area contributed by atoms with Crippen LogP contribution in [-0.2, 0) is 0 Å². The first-order valence-electron chi connectivity index (χ1n) is 9.65. The first kappa shape index (κ1) is 19.6. The lowest BCUT2D eigenvalue weighted by molar-refractivity contribution is 0.102. The van der Waals surface area contributed by atoms with Crippen molar-refractivity contribution >= 4 is 23.1 Å². The summed E-state index contributed by atoms with van der Waals surface area (Å²) >= 11 is 0. The number of anilines is 3. The molecule has 3 heterocycles. The van der Waals surface area contributed by atoms with Crippen molar-refractivity contribution in [2.24, 2.45) is 0 Å². The molecule has 1 aliphatic rings. The van der Waals surface area contributed by atoms with Crippen molar-refractivity contribution in [2.75, 3.05) is 49.2 Å². The highest BCUT2D eigenvalue weighted by atomic mass is 16.2. The number of hydrogen-bond donors (Lipinski definition) is 3. The zero-order valence-corrected chi connectivity index (χ0v) is 16.6. The third-order valence-corrected chi connectivity index (χ3v) is 5.10. The van der Waals surface area contributed by atoms with E-state index in [4.69, 9.17) is 5.73 Å². The number of carbonyl (C=O) groups excluding carboxylic acids is 1. The summed E-state index contributed by atoms with van der Waals surface area (Å²) in [5.74, 6) is -0.0917. The van der Waals surface area contributed by atoms with Crippen LogP contribution in [0.5, 0.6) is 0 Å². The minimum absolute atomic E-state index is 0.130. The van der Waals surface area contributed by atoms with Crippen LogP contribution in [0.2, 0.25) is 0 Å². The Morgan fingerprint density at radius 3 is 2.57 bits per heavy atom. The normalized spacial score (nSPS) is 14.5. The molecule has 0 bridgehead atoms. The van der Waals surface area contributed by atoms with E-state index in [0.29, 0.717) is 16.8 Å². The van der Waals surface area contributed by atoms with Gasteiger partial charge in [0.2, 0.25) is 0 Å². The molecular formula is C21H23N7O2. The maximum Gasteiger partial charge on any atom is 0.271 e. The first-order valence-corrected chi connectivity index (χ1v) is 9.65. The lowest BCUT2D eigenvalue weighted by Crippen LogP contribution is -2.44. The number of benzene rings is 1. The van der Waals surface area contributed by atoms with E-state index in [1.54, 1.807) is 18.2 Å². The van der Waals surface area contributed by atoms with E-state index in [1.807, 2.05) is 12.1 Å². The minimum Gasteiger partial charge on any atom is -0.382 e. The van der Waals surface area contributed by atoms with Gasteiger partial charge in [0.25, 0.3) is 11.5 Å². The topological polar surface area (TPSA) is 120 Å². The van der Waals surface area contributed by atoms with Crippen molar-refractivity contribution in [2.45, 2.75) is 0 Å². The molecule has 9 nitrogen and oxygen atoms in total. The molecule has 1 amide bonds. The molecule has 9 heteroatoms. The largest absolute Gasteiger partial charge is 0.382 e. The molecule has 4 N–H and O–H groups in total. The van der Waals surface area contributed by atoms with E-state index in [-0.39, 0.29) is 17.4 Å². The number of carbonyl (C=O) groups is 1. The maximum absolute atomic E-state index is 12.7. The molecule has 1 aromatic carbocycles. The summed E-state index contributed by atoms with van der Waals surface area (Å²) < 4.78 is 0. The number of likely N-dealkylation sites (N-methyl/N-ethyl adjacent to an activating group) is 1. The van der Waals surface area contributed by atoms with Gasteiger partial charge in [-0.2, -0.15) is 0 Å². The molecule has 3 aromatic rings. The fourth-order valence-corrected chi connectivity index (χ4v) is 3.33. The van der Waals surface area contributed by atoms with Crippen LogP contribution in [0.15, 0.2) is 53.7 Å². The van der Waals surface area contributed by atoms with Crippen LogP contribution in [-0.4, -0.2) is 59.0 Å². The Morgan fingerprint density at radius 2 is 1.87 bits per heavy atom. The van der Waals surface area contributed by atoms with E-state index in [9.17, 15) is 9.59 Å². The van der Waals surface area contributed by atoms with Crippen LogP contribution < -0.4 is 21.5 Å². The van der Waals surface area contributed by atoms with E-state index in [0.717, 1.165) is 31.9 Å². The molecule has 0 saturated carbocycles. The van der Waals surface area contributed by atoms with E-state index < -0.39 is 5.56 Å². The van der Waals surface area contributed by atoms with Gasteiger partial charge in [0, 0.05) is 49.2 Å². The van der Waals surface area contributed by atoms with E-state index in [2.05, 4.69) is 37.1 Å². The van der Waals surface area contributed by atoms with Gasteiger partial charge in [-0.25, -0.2) is 4.98 Å². The highest BCUT2D eigenvalue weighted by molar-refractivity contribution is 6.04. The summed E-state index contributed by atoms with van der Waals surface area (Å²) in [4.78, 5) is 40.2. The van der Waals surface area contributed by atoms with Crippen LogP contribution in [0, 0.1) is 0 Å². The molecule has 1 aliphatic heterocycles. The fraction of sp³-hybridized carbons (Fsp3) is 0.238. The van der Waals surface area contributed by atoms with Gasteiger partial charge < -0.3 is 25.8 Å². The molecule has 30 heavy (non-hydrogen) atoms. The standard InChI is InChI=1S/C21H23N7O2/c1-27-6-8-28(9-7-27)16-4-2-14(3-5-16)20(29)26-17-10-15(11-24-21(17)30)18-12-23-13-19(22)25-18/h2-5,10-13H,6-9H2,1H3,(H2,22,25)(H,24,30)(H,26,29). The summed E-state index contributed by atoms with van der Waals surface area (Å²) in [7, 11) is 2.11. The second kappa shape index (κ2) is 8.34. The molecule has 0 radical (unpaired) electrons. The Balaban J connectivity index is 1.50. The Kier molecular flexibility index (Phi) is 5.44. The van der Waals surface area contributed by atoms with Gasteiger partial charge in [0.05, 0.1) is 18.1 Å². The van der Waals surface area contributed by atoms with Crippen LogP contribution in [0.1, 0.15) is 10.4 Å². The predicted molar refractivity (Wildman–Crippen MR) is 117 cm³/mol. The fourth-order valence-electron chi connectivity index (χ4n) is 3.33. The van der Waals surface area contributed by atoms with Gasteiger partial charge in [0.15, 0.2) is 0 Å². The van der Waals surface area contributed by atoms with Gasteiger partial charge in [-0.1, -0.05) is 0 Å². The highest BCUT2D eigenvalue weighted by Gasteiger charge is 2.15. The van der Waals surface area contributed by atoms with Crippen LogP contribution in [0.4, 0.5) is 17.2 Å². The van der Waals surface area contributed by atoms with Crippen LogP contribution >= 0.6 is 0 Å². The Morgan fingerprint density at radius 1 is 1.13 bits per heavy atom. The number of amides is 1. The van der Waals surface area contributed by atoms with Gasteiger partial charge in [-0.15, -0.1) is 0 Å². The molecule has 1 saturated heterocycles. The molecule has 4 rings (SSSR count). The molecule has 0 aliphatic carbocycles. The van der Waals surface area contributed by atoms with Crippen molar-refractivity contribution in [1.82, 2.24) is 19.9 Å². The Hall–Kier alpha value is -3.72. The van der Waals surface area contributed by atoms with Crippen molar-refractivity contribution < 1.29 is 4.79 Å². The lowest BCUT2D eigenvalue weighted by Gasteiger charge is -2.34. The molecule has 0 spiro atoms. The Labute approximate surface area is 173 Å². The third-order valence-electron chi connectivity index (χ3n) is 5.10. The zero-order chi connectivity index (χ0) is 21.1. The molecule has 0 unspecified atom stereocenters. The molecule has 154 valence electrons. The van der Waals surface area contributed by atoms with Crippen molar-refractivity contribution in [3.63, 3.8) is 0 Å². The number of rotatable bonds is 4. The third kappa shape index (κ3) is 4.31. The van der Waals surface area contributed by atoms with Gasteiger partial charge in [-0.05, 0) is 37.4 Å². The number of hydrogen-bond acceptors (Lipinski definition) is 7. The number of piperazine rings is 1. The summed E-state index contributed by atoms with van der Waals surface area (Å²) in [5.41, 5.74) is 8.05. The summed E-state index contributed by atoms with van der Waals surface area (Å²) in [6, 6.07) is 8.96. The summed E-state index contributed by atoms with van der Waals surface area (Å²) in [5, 5.41) is 2.67. The average molecular weight is 405 g/mol. The molecular weight excluding hydrogens is 382 g/mol. The SMILES string of the molecule is CN1CCN(c2ccc(C(=O)Nc3cc(-c4cncc(N)n4)c[nH]c3=O)cc2)CC1. The molecule has 2 aromatic heterocycles. The minimum atomic E-state index is -0.405. The molecule has 0 atom stereocenters. The number of nitrogens with two attached hydrogens (primary N) is 1. The van der Waals surface area contributed by atoms with Gasteiger partial charge >= 0.3 is 0 Å². The lowest BCUT2D eigenvalue weighted by atomic mass is 10.1. The number of aromatic amines is 1. The summed E-state index contributed by atoms with van der Waals surface area (Å²) in [6.07, 6.45) is 4.47. The first-order chi connectivity index (χ1) is 14.5. The van der Waals surface area contributed by atoms with Crippen molar-refractivity contribution in [3.05, 3.63) is 64.8 Å². The number of nitrogens with one attached hydrogen (secondary N) is 2. The number of nitrogen functional groups attached to an aromatic ring is 1. The van der Waals surface area contributed by atoms with Gasteiger partial charge in [0.1, 0.15) is 11.5 Å². The van der Waals surface area contributed by atoms with Gasteiger partial charge in [-0.3, -0.25) is 14.6 Å². The van der Waals surface area contributed by atoms with Crippen LogP contribution in [0.3, 0.4) is 0 Å². The monoisotopic (exact) mass is 405 g/mol. The Bertz CT molecular complexity index is 1100. The van der Waals surface area contributed by atoms with Crippen molar-refractivity contribution in [1.29, 1.82) is 0 Å². The van der Waals surface area contributed by atoms with E-state index in [1.165, 1.54) is 18.6 Å². The van der Waals surface area contributed by atoms with E-state index >= 15 is 0 Å². The quantitative estimate of drug-likeness (QED) is 0.600. The van der Waals surface area contributed by atoms with Crippen molar-refractivity contribution in [3.8, 4) is 11.3 Å². The second-order valence-electron chi connectivity index (χ2n) is 7.25. The second-order valence-corrected chi connectivity index (χ2v) is 7.25. The number of nitrogens with zero attached hydrogens (tertiary/aromatic N) is 4.